The zero-order chi connectivity index (χ0) is 13.4. The van der Waals surface area contributed by atoms with Crippen molar-refractivity contribution >= 4 is 23.0 Å². The number of rotatable bonds is 2. The smallest absolute Gasteiger partial charge is 0.248 e. The van der Waals surface area contributed by atoms with Crippen LogP contribution < -0.4 is 5.32 Å². The van der Waals surface area contributed by atoms with Crippen LogP contribution in [0.4, 0.5) is 5.95 Å². The van der Waals surface area contributed by atoms with Gasteiger partial charge in [0.25, 0.3) is 0 Å². The van der Waals surface area contributed by atoms with Gasteiger partial charge >= 0.3 is 0 Å². The summed E-state index contributed by atoms with van der Waals surface area (Å²) in [6, 6.07) is 14.4. The van der Waals surface area contributed by atoms with Gasteiger partial charge in [-0.15, -0.1) is 11.3 Å². The molecule has 0 radical (unpaired) electrons. The van der Waals surface area contributed by atoms with E-state index in [1.807, 2.05) is 24.3 Å². The van der Waals surface area contributed by atoms with E-state index >= 15 is 0 Å². The number of fused-ring (bicyclic) bond motifs is 1. The maximum absolute atomic E-state index is 4.08. The highest BCUT2D eigenvalue weighted by molar-refractivity contribution is 7.10. The second-order valence-corrected chi connectivity index (χ2v) is 5.46. The van der Waals surface area contributed by atoms with Crippen LogP contribution in [-0.4, -0.2) is 20.2 Å². The standard InChI is InChI=1S/C14H11N5S/c1-2-5-10(6-3-1)11-9-12(13-7-4-8-20-13)19-14(15-11)16-17-18-19/h1-9,12H,(H,15,16,18)/t12-/m0/s1. The molecule has 5 nitrogen and oxygen atoms in total. The van der Waals surface area contributed by atoms with Gasteiger partial charge in [-0.3, -0.25) is 0 Å². The van der Waals surface area contributed by atoms with Gasteiger partial charge in [0.2, 0.25) is 5.95 Å². The van der Waals surface area contributed by atoms with Crippen LogP contribution in [0.5, 0.6) is 0 Å². The number of thiophene rings is 1. The molecule has 0 saturated carbocycles. The van der Waals surface area contributed by atoms with Gasteiger partial charge in [-0.2, -0.15) is 4.68 Å². The van der Waals surface area contributed by atoms with E-state index in [9.17, 15) is 0 Å². The fraction of sp³-hybridized carbons (Fsp3) is 0.0714. The summed E-state index contributed by atoms with van der Waals surface area (Å²) in [5, 5.41) is 17.2. The molecule has 1 aliphatic rings. The lowest BCUT2D eigenvalue weighted by Crippen LogP contribution is -2.19. The van der Waals surface area contributed by atoms with Crippen LogP contribution in [0.1, 0.15) is 16.5 Å². The first kappa shape index (κ1) is 11.4. The molecule has 0 fully saturated rings. The molecule has 2 aromatic heterocycles. The zero-order valence-corrected chi connectivity index (χ0v) is 11.3. The maximum Gasteiger partial charge on any atom is 0.248 e. The number of nitrogens with one attached hydrogen (secondary N) is 1. The third-order valence-corrected chi connectivity index (χ3v) is 4.19. The van der Waals surface area contributed by atoms with Crippen LogP contribution in [0.25, 0.3) is 5.70 Å². The lowest BCUT2D eigenvalue weighted by molar-refractivity contribution is 0.593. The molecule has 0 amide bonds. The largest absolute Gasteiger partial charge is 0.323 e. The van der Waals surface area contributed by atoms with Gasteiger partial charge in [0.05, 0.1) is 0 Å². The molecule has 1 atom stereocenters. The van der Waals surface area contributed by atoms with E-state index < -0.39 is 0 Å². The summed E-state index contributed by atoms with van der Waals surface area (Å²) < 4.78 is 1.80. The van der Waals surface area contributed by atoms with Crippen molar-refractivity contribution in [2.75, 3.05) is 5.32 Å². The number of benzene rings is 1. The average molecular weight is 281 g/mol. The topological polar surface area (TPSA) is 55.6 Å². The van der Waals surface area contributed by atoms with Crippen LogP contribution >= 0.6 is 11.3 Å². The number of hydrogen-bond acceptors (Lipinski definition) is 5. The first-order valence-corrected chi connectivity index (χ1v) is 7.15. The van der Waals surface area contributed by atoms with Crippen LogP contribution in [0, 0.1) is 0 Å². The SMILES string of the molecule is C1=C(c2ccccc2)Nc2nnnn2[C@@H]1c1cccs1. The molecule has 0 spiro atoms. The molecule has 1 aliphatic heterocycles. The van der Waals surface area contributed by atoms with Crippen molar-refractivity contribution in [3.63, 3.8) is 0 Å². The Bertz CT molecular complexity index is 745. The predicted molar refractivity (Wildman–Crippen MR) is 78.3 cm³/mol. The van der Waals surface area contributed by atoms with Crippen molar-refractivity contribution in [2.24, 2.45) is 0 Å². The molecule has 1 N–H and O–H groups in total. The number of hydrogen-bond donors (Lipinski definition) is 1. The van der Waals surface area contributed by atoms with Crippen molar-refractivity contribution in [3.05, 3.63) is 64.4 Å². The van der Waals surface area contributed by atoms with Crippen molar-refractivity contribution in [2.45, 2.75) is 6.04 Å². The van der Waals surface area contributed by atoms with Crippen molar-refractivity contribution < 1.29 is 0 Å². The summed E-state index contributed by atoms with van der Waals surface area (Å²) in [7, 11) is 0. The van der Waals surface area contributed by atoms with Gasteiger partial charge in [0.1, 0.15) is 6.04 Å². The number of aromatic nitrogens is 4. The van der Waals surface area contributed by atoms with Crippen LogP contribution in [0.3, 0.4) is 0 Å². The van der Waals surface area contributed by atoms with E-state index in [4.69, 9.17) is 0 Å². The van der Waals surface area contributed by atoms with Gasteiger partial charge < -0.3 is 5.32 Å². The highest BCUT2D eigenvalue weighted by Crippen LogP contribution is 2.33. The van der Waals surface area contributed by atoms with Crippen molar-refractivity contribution in [1.29, 1.82) is 0 Å². The number of tetrazole rings is 1. The fourth-order valence-electron chi connectivity index (χ4n) is 2.30. The number of allylic oxidation sites excluding steroid dienone is 1. The number of nitrogens with zero attached hydrogens (tertiary/aromatic N) is 4. The lowest BCUT2D eigenvalue weighted by Gasteiger charge is -2.22. The molecular formula is C14H11N5S. The van der Waals surface area contributed by atoms with Gasteiger partial charge in [0.15, 0.2) is 0 Å². The minimum atomic E-state index is 0.0384. The van der Waals surface area contributed by atoms with Crippen LogP contribution in [0.2, 0.25) is 0 Å². The molecule has 1 aromatic carbocycles. The molecule has 0 saturated heterocycles. The Morgan fingerprint density at radius 3 is 2.80 bits per heavy atom. The number of anilines is 1. The molecule has 98 valence electrons. The Labute approximate surface area is 119 Å². The second kappa shape index (κ2) is 4.57. The molecule has 3 aromatic rings. The molecular weight excluding hydrogens is 270 g/mol. The van der Waals surface area contributed by atoms with E-state index in [-0.39, 0.29) is 6.04 Å². The Morgan fingerprint density at radius 2 is 2.00 bits per heavy atom. The highest BCUT2D eigenvalue weighted by atomic mass is 32.1. The van der Waals surface area contributed by atoms with Gasteiger partial charge in [-0.05, 0) is 33.5 Å². The summed E-state index contributed by atoms with van der Waals surface area (Å²) in [5.74, 6) is 0.671. The normalized spacial score (nSPS) is 17.2. The van der Waals surface area contributed by atoms with E-state index in [0.29, 0.717) is 5.95 Å². The molecule has 0 unspecified atom stereocenters. The summed E-state index contributed by atoms with van der Waals surface area (Å²) >= 11 is 1.70. The first-order chi connectivity index (χ1) is 9.92. The molecule has 20 heavy (non-hydrogen) atoms. The Morgan fingerprint density at radius 1 is 1.10 bits per heavy atom. The van der Waals surface area contributed by atoms with Crippen LogP contribution in [-0.2, 0) is 0 Å². The van der Waals surface area contributed by atoms with E-state index in [1.54, 1.807) is 16.0 Å². The summed E-state index contributed by atoms with van der Waals surface area (Å²) in [6.07, 6.45) is 2.16. The Hall–Kier alpha value is -2.47. The summed E-state index contributed by atoms with van der Waals surface area (Å²) in [6.45, 7) is 0. The minimum Gasteiger partial charge on any atom is -0.323 e. The van der Waals surface area contributed by atoms with Crippen molar-refractivity contribution in [3.8, 4) is 0 Å². The predicted octanol–water partition coefficient (Wildman–Crippen LogP) is 2.79. The fourth-order valence-corrected chi connectivity index (χ4v) is 3.08. The molecule has 3 heterocycles. The minimum absolute atomic E-state index is 0.0384. The monoisotopic (exact) mass is 281 g/mol. The zero-order valence-electron chi connectivity index (χ0n) is 10.5. The maximum atomic E-state index is 4.08. The van der Waals surface area contributed by atoms with E-state index in [2.05, 4.69) is 50.5 Å². The first-order valence-electron chi connectivity index (χ1n) is 6.27. The van der Waals surface area contributed by atoms with E-state index in [0.717, 1.165) is 11.3 Å². The molecule has 6 heteroatoms. The van der Waals surface area contributed by atoms with Gasteiger partial charge in [-0.25, -0.2) is 0 Å². The third kappa shape index (κ3) is 1.81. The van der Waals surface area contributed by atoms with Crippen molar-refractivity contribution in [1.82, 2.24) is 20.2 Å². The summed E-state index contributed by atoms with van der Waals surface area (Å²) in [5.41, 5.74) is 2.16. The molecule has 4 rings (SSSR count). The average Bonchev–Trinajstić information content (AvgIpc) is 3.18. The quantitative estimate of drug-likeness (QED) is 0.784. The molecule has 0 bridgehead atoms. The third-order valence-electron chi connectivity index (χ3n) is 3.25. The Kier molecular flexibility index (Phi) is 2.60. The lowest BCUT2D eigenvalue weighted by atomic mass is 10.1. The summed E-state index contributed by atoms with van der Waals surface area (Å²) in [4.78, 5) is 1.22. The highest BCUT2D eigenvalue weighted by Gasteiger charge is 2.24. The van der Waals surface area contributed by atoms with E-state index in [1.165, 1.54) is 4.88 Å². The van der Waals surface area contributed by atoms with Gasteiger partial charge in [0, 0.05) is 10.6 Å². The Balaban J connectivity index is 1.83. The van der Waals surface area contributed by atoms with Crippen LogP contribution in [0.15, 0.2) is 53.9 Å². The van der Waals surface area contributed by atoms with Gasteiger partial charge in [-0.1, -0.05) is 41.5 Å². The molecule has 0 aliphatic carbocycles. The second-order valence-electron chi connectivity index (χ2n) is 4.48.